The van der Waals surface area contributed by atoms with Crippen LogP contribution in [0.5, 0.6) is 0 Å². The van der Waals surface area contributed by atoms with Crippen LogP contribution in [0.1, 0.15) is 63.9 Å². The third kappa shape index (κ3) is 3.92. The molecule has 1 aromatic rings. The van der Waals surface area contributed by atoms with Gasteiger partial charge in [0.15, 0.2) is 0 Å². The summed E-state index contributed by atoms with van der Waals surface area (Å²) in [6.07, 6.45) is 7.27. The Kier molecular flexibility index (Phi) is 5.44. The maximum absolute atomic E-state index is 12.6. The molecule has 1 amide bonds. The lowest BCUT2D eigenvalue weighted by atomic mass is 9.74. The minimum absolute atomic E-state index is 0.127. The van der Waals surface area contributed by atoms with Gasteiger partial charge in [0.2, 0.25) is 0 Å². The number of benzene rings is 1. The largest absolute Gasteiger partial charge is 0.445 e. The molecule has 1 N–H and O–H groups in total. The van der Waals surface area contributed by atoms with Crippen molar-refractivity contribution >= 4 is 6.09 Å². The van der Waals surface area contributed by atoms with Crippen LogP contribution in [0.2, 0.25) is 0 Å². The minimum Gasteiger partial charge on any atom is -0.445 e. The van der Waals surface area contributed by atoms with Gasteiger partial charge in [-0.15, -0.1) is 0 Å². The van der Waals surface area contributed by atoms with Gasteiger partial charge < -0.3 is 14.7 Å². The molecule has 2 heterocycles. The first kappa shape index (κ1) is 17.3. The first-order valence-electron chi connectivity index (χ1n) is 9.33. The highest BCUT2D eigenvalue weighted by molar-refractivity contribution is 5.69. The highest BCUT2D eigenvalue weighted by atomic mass is 16.6. The quantitative estimate of drug-likeness (QED) is 0.877. The topological polar surface area (TPSA) is 49.8 Å². The second kappa shape index (κ2) is 7.56. The average molecular weight is 331 g/mol. The molecule has 24 heavy (non-hydrogen) atoms. The number of amides is 1. The summed E-state index contributed by atoms with van der Waals surface area (Å²) in [5.74, 6) is 0. The monoisotopic (exact) mass is 331 g/mol. The Bertz CT molecular complexity index is 531. The Labute approximate surface area is 144 Å². The van der Waals surface area contributed by atoms with Crippen LogP contribution in [0.3, 0.4) is 0 Å². The number of rotatable bonds is 5. The zero-order chi connectivity index (χ0) is 17.0. The van der Waals surface area contributed by atoms with E-state index in [1.807, 2.05) is 35.2 Å². The molecule has 2 aliphatic heterocycles. The Hall–Kier alpha value is -1.55. The Morgan fingerprint density at radius 2 is 1.92 bits per heavy atom. The van der Waals surface area contributed by atoms with Gasteiger partial charge in [0.25, 0.3) is 0 Å². The molecule has 4 nitrogen and oxygen atoms in total. The molecule has 3 rings (SSSR count). The molecule has 1 aromatic carbocycles. The van der Waals surface area contributed by atoms with Crippen LogP contribution in [0.25, 0.3) is 0 Å². The molecular weight excluding hydrogens is 302 g/mol. The van der Waals surface area contributed by atoms with E-state index in [1.165, 1.54) is 0 Å². The maximum Gasteiger partial charge on any atom is 0.410 e. The number of carbonyl (C=O) groups excluding carboxylic acids is 1. The van der Waals surface area contributed by atoms with E-state index >= 15 is 0 Å². The number of unbranched alkanes of at least 4 members (excludes halogenated alkanes) is 1. The number of hydrogen-bond donors (Lipinski definition) is 1. The number of carbonyl (C=O) groups is 1. The van der Waals surface area contributed by atoms with Crippen LogP contribution in [-0.2, 0) is 11.3 Å². The summed E-state index contributed by atoms with van der Waals surface area (Å²) < 4.78 is 5.56. The van der Waals surface area contributed by atoms with Crippen LogP contribution in [0.15, 0.2) is 30.3 Å². The van der Waals surface area contributed by atoms with Gasteiger partial charge in [0.05, 0.1) is 5.60 Å². The van der Waals surface area contributed by atoms with E-state index in [-0.39, 0.29) is 18.2 Å². The zero-order valence-corrected chi connectivity index (χ0v) is 14.6. The van der Waals surface area contributed by atoms with E-state index in [2.05, 4.69) is 6.92 Å². The molecule has 0 radical (unpaired) electrons. The Morgan fingerprint density at radius 3 is 2.54 bits per heavy atom. The van der Waals surface area contributed by atoms with Gasteiger partial charge in [-0.3, -0.25) is 0 Å². The summed E-state index contributed by atoms with van der Waals surface area (Å²) in [6, 6.07) is 10.0. The first-order valence-corrected chi connectivity index (χ1v) is 9.33. The van der Waals surface area contributed by atoms with E-state index in [0.717, 1.165) is 44.1 Å². The van der Waals surface area contributed by atoms with Crippen molar-refractivity contribution in [3.05, 3.63) is 35.9 Å². The highest BCUT2D eigenvalue weighted by Crippen LogP contribution is 2.41. The third-order valence-electron chi connectivity index (χ3n) is 5.50. The summed E-state index contributed by atoms with van der Waals surface area (Å²) in [4.78, 5) is 14.6. The van der Waals surface area contributed by atoms with Crippen molar-refractivity contribution < 1.29 is 14.6 Å². The molecule has 132 valence electrons. The van der Waals surface area contributed by atoms with Gasteiger partial charge >= 0.3 is 6.09 Å². The maximum atomic E-state index is 12.6. The van der Waals surface area contributed by atoms with Crippen LogP contribution in [0, 0.1) is 0 Å². The lowest BCUT2D eigenvalue weighted by Crippen LogP contribution is -2.59. The first-order chi connectivity index (χ1) is 11.6. The van der Waals surface area contributed by atoms with Gasteiger partial charge in [-0.2, -0.15) is 0 Å². The summed E-state index contributed by atoms with van der Waals surface area (Å²) in [6.45, 7) is 2.47. The van der Waals surface area contributed by atoms with Gasteiger partial charge in [0, 0.05) is 12.1 Å². The average Bonchev–Trinajstić information content (AvgIpc) is 2.58. The number of fused-ring (bicyclic) bond motifs is 2. The smallest absolute Gasteiger partial charge is 0.410 e. The minimum atomic E-state index is -0.595. The zero-order valence-electron chi connectivity index (χ0n) is 14.6. The van der Waals surface area contributed by atoms with Crippen LogP contribution in [0.4, 0.5) is 4.79 Å². The van der Waals surface area contributed by atoms with E-state index in [0.29, 0.717) is 19.4 Å². The van der Waals surface area contributed by atoms with Crippen LogP contribution < -0.4 is 0 Å². The molecule has 3 atom stereocenters. The summed E-state index contributed by atoms with van der Waals surface area (Å²) >= 11 is 0. The molecule has 0 aliphatic carbocycles. The molecule has 1 unspecified atom stereocenters. The number of hydrogen-bond acceptors (Lipinski definition) is 3. The fourth-order valence-corrected chi connectivity index (χ4v) is 4.33. The number of aliphatic hydroxyl groups is 1. The van der Waals surface area contributed by atoms with Crippen molar-refractivity contribution in [2.45, 2.75) is 82.6 Å². The normalized spacial score (nSPS) is 29.3. The van der Waals surface area contributed by atoms with Crippen molar-refractivity contribution in [1.82, 2.24) is 4.90 Å². The van der Waals surface area contributed by atoms with Gasteiger partial charge in [-0.25, -0.2) is 4.79 Å². The fourth-order valence-electron chi connectivity index (χ4n) is 4.33. The molecule has 0 aromatic heterocycles. The molecule has 2 aliphatic rings. The number of piperidine rings is 2. The predicted molar refractivity (Wildman–Crippen MR) is 93.6 cm³/mol. The molecule has 0 spiro atoms. The van der Waals surface area contributed by atoms with E-state index in [9.17, 15) is 9.90 Å². The molecule has 2 bridgehead atoms. The van der Waals surface area contributed by atoms with Crippen molar-refractivity contribution in [2.75, 3.05) is 0 Å². The van der Waals surface area contributed by atoms with Crippen molar-refractivity contribution in [2.24, 2.45) is 0 Å². The number of ether oxygens (including phenoxy) is 1. The molecule has 2 fully saturated rings. The second-order valence-electron chi connectivity index (χ2n) is 7.42. The van der Waals surface area contributed by atoms with E-state index in [1.54, 1.807) is 0 Å². The molecule has 2 saturated heterocycles. The summed E-state index contributed by atoms with van der Waals surface area (Å²) in [5.41, 5.74) is 0.412. The van der Waals surface area contributed by atoms with Gasteiger partial charge in [0.1, 0.15) is 6.61 Å². The highest BCUT2D eigenvalue weighted by Gasteiger charge is 2.47. The van der Waals surface area contributed by atoms with E-state index in [4.69, 9.17) is 4.74 Å². The lowest BCUT2D eigenvalue weighted by molar-refractivity contribution is -0.0897. The molecule has 4 heteroatoms. The summed E-state index contributed by atoms with van der Waals surface area (Å²) in [5, 5.41) is 10.9. The SMILES string of the molecule is CCCCC1(O)C[C@H]2CCC[C@@H](C1)N2C(=O)OCc1ccccc1. The van der Waals surface area contributed by atoms with Crippen molar-refractivity contribution in [3.63, 3.8) is 0 Å². The fraction of sp³-hybridized carbons (Fsp3) is 0.650. The van der Waals surface area contributed by atoms with Gasteiger partial charge in [-0.1, -0.05) is 50.1 Å². The van der Waals surface area contributed by atoms with Crippen molar-refractivity contribution in [3.8, 4) is 0 Å². The molecule has 0 saturated carbocycles. The Morgan fingerprint density at radius 1 is 1.25 bits per heavy atom. The summed E-state index contributed by atoms with van der Waals surface area (Å²) in [7, 11) is 0. The standard InChI is InChI=1S/C20H29NO3/c1-2-3-12-20(23)13-17-10-7-11-18(14-20)21(17)19(22)24-15-16-8-5-4-6-9-16/h4-6,8-9,17-18,23H,2-3,7,10-15H2,1H3/t17-,18+,20?. The van der Waals surface area contributed by atoms with Crippen molar-refractivity contribution in [1.29, 1.82) is 0 Å². The Balaban J connectivity index is 1.62. The van der Waals surface area contributed by atoms with E-state index < -0.39 is 5.60 Å². The lowest BCUT2D eigenvalue weighted by Gasteiger charge is -2.51. The van der Waals surface area contributed by atoms with Crippen LogP contribution in [-0.4, -0.2) is 33.8 Å². The van der Waals surface area contributed by atoms with Gasteiger partial charge in [-0.05, 0) is 44.1 Å². The predicted octanol–water partition coefficient (Wildman–Crippen LogP) is 4.26. The number of nitrogens with zero attached hydrogens (tertiary/aromatic N) is 1. The molecular formula is C20H29NO3. The van der Waals surface area contributed by atoms with Crippen LogP contribution >= 0.6 is 0 Å². The third-order valence-corrected chi connectivity index (χ3v) is 5.50. The second-order valence-corrected chi connectivity index (χ2v) is 7.42.